The molecule has 1 atom stereocenters. The first-order valence-electron chi connectivity index (χ1n) is 7.96. The lowest BCUT2D eigenvalue weighted by Crippen LogP contribution is -2.43. The average molecular weight is 254 g/mol. The molecule has 1 N–H and O–H groups in total. The summed E-state index contributed by atoms with van der Waals surface area (Å²) in [4.78, 5) is 2.65. The minimum Gasteiger partial charge on any atom is -0.313 e. The summed E-state index contributed by atoms with van der Waals surface area (Å²) in [6.45, 7) is 16.8. The van der Waals surface area contributed by atoms with Crippen LogP contribution in [0.2, 0.25) is 0 Å². The highest BCUT2D eigenvalue weighted by Gasteiger charge is 2.18. The van der Waals surface area contributed by atoms with E-state index in [-0.39, 0.29) is 0 Å². The van der Waals surface area contributed by atoms with Gasteiger partial charge in [0.25, 0.3) is 0 Å². The normalized spacial score (nSPS) is 20.0. The molecule has 1 saturated heterocycles. The second-order valence-electron chi connectivity index (χ2n) is 6.89. The van der Waals surface area contributed by atoms with Crippen molar-refractivity contribution < 1.29 is 0 Å². The summed E-state index contributed by atoms with van der Waals surface area (Å²) in [6.07, 6.45) is 4.24. The Morgan fingerprint density at radius 3 is 1.94 bits per heavy atom. The van der Waals surface area contributed by atoms with Gasteiger partial charge in [0.2, 0.25) is 0 Å². The molecule has 0 saturated carbocycles. The predicted octanol–water partition coefficient (Wildman–Crippen LogP) is 3.38. The largest absolute Gasteiger partial charge is 0.313 e. The fraction of sp³-hybridized carbons (Fsp3) is 1.00. The first-order valence-corrected chi connectivity index (χ1v) is 7.96. The van der Waals surface area contributed by atoms with Crippen LogP contribution in [-0.4, -0.2) is 37.1 Å². The summed E-state index contributed by atoms with van der Waals surface area (Å²) in [5, 5.41) is 3.78. The summed E-state index contributed by atoms with van der Waals surface area (Å²) in [5.41, 5.74) is 0. The maximum atomic E-state index is 3.78. The van der Waals surface area contributed by atoms with Gasteiger partial charge in [-0.15, -0.1) is 0 Å². The first kappa shape index (κ1) is 16.0. The van der Waals surface area contributed by atoms with Crippen molar-refractivity contribution in [3.05, 3.63) is 0 Å². The number of likely N-dealkylation sites (tertiary alicyclic amines) is 1. The number of nitrogens with one attached hydrogen (secondary N) is 1. The Morgan fingerprint density at radius 1 is 0.889 bits per heavy atom. The standard InChI is InChI=1S/C16H34N2/c1-13(2)16(14(3)4)17-11-15(5)12-18-9-7-6-8-10-18/h13-17H,6-12H2,1-5H3. The van der Waals surface area contributed by atoms with Crippen LogP contribution in [0.15, 0.2) is 0 Å². The number of piperidine rings is 1. The molecule has 0 aromatic heterocycles. The van der Waals surface area contributed by atoms with Gasteiger partial charge in [0.05, 0.1) is 0 Å². The molecule has 18 heavy (non-hydrogen) atoms. The molecule has 2 heteroatoms. The molecule has 1 aliphatic heterocycles. The monoisotopic (exact) mass is 254 g/mol. The summed E-state index contributed by atoms with van der Waals surface area (Å²) in [7, 11) is 0. The third-order valence-corrected chi connectivity index (χ3v) is 4.16. The third kappa shape index (κ3) is 5.71. The summed E-state index contributed by atoms with van der Waals surface area (Å²) in [5.74, 6) is 2.22. The molecule has 0 aromatic rings. The molecular formula is C16H34N2. The van der Waals surface area contributed by atoms with Gasteiger partial charge in [-0.2, -0.15) is 0 Å². The average Bonchev–Trinajstić information content (AvgIpc) is 2.29. The van der Waals surface area contributed by atoms with E-state index >= 15 is 0 Å². The number of hydrogen-bond acceptors (Lipinski definition) is 2. The van der Waals surface area contributed by atoms with Crippen molar-refractivity contribution >= 4 is 0 Å². The molecule has 1 aliphatic rings. The van der Waals surface area contributed by atoms with E-state index in [4.69, 9.17) is 0 Å². The number of hydrogen-bond donors (Lipinski definition) is 1. The quantitative estimate of drug-likeness (QED) is 0.749. The van der Waals surface area contributed by atoms with Crippen molar-refractivity contribution in [1.29, 1.82) is 0 Å². The van der Waals surface area contributed by atoms with Crippen LogP contribution in [-0.2, 0) is 0 Å². The van der Waals surface area contributed by atoms with E-state index in [9.17, 15) is 0 Å². The maximum Gasteiger partial charge on any atom is 0.0113 e. The van der Waals surface area contributed by atoms with Crippen LogP contribution in [0.25, 0.3) is 0 Å². The van der Waals surface area contributed by atoms with Gasteiger partial charge < -0.3 is 10.2 Å². The van der Waals surface area contributed by atoms with Crippen molar-refractivity contribution in [2.24, 2.45) is 17.8 Å². The van der Waals surface area contributed by atoms with Crippen LogP contribution in [0, 0.1) is 17.8 Å². The topological polar surface area (TPSA) is 15.3 Å². The minimum absolute atomic E-state index is 0.661. The molecule has 0 spiro atoms. The molecule has 108 valence electrons. The molecule has 1 heterocycles. The van der Waals surface area contributed by atoms with Gasteiger partial charge in [0.15, 0.2) is 0 Å². The third-order valence-electron chi connectivity index (χ3n) is 4.16. The molecule has 0 aliphatic carbocycles. The van der Waals surface area contributed by atoms with E-state index in [1.54, 1.807) is 0 Å². The zero-order chi connectivity index (χ0) is 13.5. The van der Waals surface area contributed by atoms with Crippen LogP contribution in [0.5, 0.6) is 0 Å². The lowest BCUT2D eigenvalue weighted by atomic mass is 9.93. The summed E-state index contributed by atoms with van der Waals surface area (Å²) >= 11 is 0. The molecule has 0 radical (unpaired) electrons. The minimum atomic E-state index is 0.661. The Balaban J connectivity index is 2.24. The molecule has 0 aromatic carbocycles. The molecule has 1 rings (SSSR count). The van der Waals surface area contributed by atoms with Crippen molar-refractivity contribution in [2.75, 3.05) is 26.2 Å². The lowest BCUT2D eigenvalue weighted by molar-refractivity contribution is 0.192. The van der Waals surface area contributed by atoms with E-state index in [0.717, 1.165) is 24.3 Å². The van der Waals surface area contributed by atoms with Gasteiger partial charge in [-0.3, -0.25) is 0 Å². The smallest absolute Gasteiger partial charge is 0.0113 e. The number of nitrogens with zero attached hydrogens (tertiary/aromatic N) is 1. The second-order valence-corrected chi connectivity index (χ2v) is 6.89. The van der Waals surface area contributed by atoms with Gasteiger partial charge in [0.1, 0.15) is 0 Å². The molecular weight excluding hydrogens is 220 g/mol. The van der Waals surface area contributed by atoms with Gasteiger partial charge in [-0.25, -0.2) is 0 Å². The zero-order valence-electron chi connectivity index (χ0n) is 13.2. The molecule has 1 unspecified atom stereocenters. The van der Waals surface area contributed by atoms with Crippen molar-refractivity contribution in [1.82, 2.24) is 10.2 Å². The van der Waals surface area contributed by atoms with Crippen LogP contribution < -0.4 is 5.32 Å². The zero-order valence-corrected chi connectivity index (χ0v) is 13.2. The Bertz CT molecular complexity index is 199. The van der Waals surface area contributed by atoms with E-state index in [1.807, 2.05) is 0 Å². The van der Waals surface area contributed by atoms with Gasteiger partial charge in [-0.1, -0.05) is 41.0 Å². The highest BCUT2D eigenvalue weighted by Crippen LogP contribution is 2.14. The van der Waals surface area contributed by atoms with E-state index in [0.29, 0.717) is 6.04 Å². The van der Waals surface area contributed by atoms with Crippen molar-refractivity contribution in [3.63, 3.8) is 0 Å². The highest BCUT2D eigenvalue weighted by molar-refractivity contribution is 4.76. The van der Waals surface area contributed by atoms with Crippen LogP contribution in [0.1, 0.15) is 53.9 Å². The lowest BCUT2D eigenvalue weighted by Gasteiger charge is -2.31. The molecule has 2 nitrogen and oxygen atoms in total. The van der Waals surface area contributed by atoms with Crippen LogP contribution in [0.4, 0.5) is 0 Å². The highest BCUT2D eigenvalue weighted by atomic mass is 15.1. The van der Waals surface area contributed by atoms with Crippen LogP contribution >= 0.6 is 0 Å². The van der Waals surface area contributed by atoms with Crippen molar-refractivity contribution in [3.8, 4) is 0 Å². The Kier molecular flexibility index (Phi) is 7.25. The summed E-state index contributed by atoms with van der Waals surface area (Å²) in [6, 6.07) is 0.661. The maximum absolute atomic E-state index is 3.78. The SMILES string of the molecule is CC(CNC(C(C)C)C(C)C)CN1CCCCC1. The molecule has 1 fully saturated rings. The fourth-order valence-corrected chi connectivity index (χ4v) is 3.23. The predicted molar refractivity (Wildman–Crippen MR) is 80.9 cm³/mol. The van der Waals surface area contributed by atoms with Gasteiger partial charge >= 0.3 is 0 Å². The fourth-order valence-electron chi connectivity index (χ4n) is 3.23. The molecule has 0 amide bonds. The van der Waals surface area contributed by atoms with E-state index in [1.165, 1.54) is 38.9 Å². The first-order chi connectivity index (χ1) is 8.50. The Labute approximate surface area is 115 Å². The van der Waals surface area contributed by atoms with Gasteiger partial charge in [-0.05, 0) is 50.2 Å². The van der Waals surface area contributed by atoms with E-state index < -0.39 is 0 Å². The molecule has 0 bridgehead atoms. The number of rotatable bonds is 7. The Morgan fingerprint density at radius 2 is 1.44 bits per heavy atom. The Hall–Kier alpha value is -0.0800. The van der Waals surface area contributed by atoms with Crippen molar-refractivity contribution in [2.45, 2.75) is 59.9 Å². The second kappa shape index (κ2) is 8.16. The summed E-state index contributed by atoms with van der Waals surface area (Å²) < 4.78 is 0. The van der Waals surface area contributed by atoms with Gasteiger partial charge in [0, 0.05) is 12.6 Å². The van der Waals surface area contributed by atoms with E-state index in [2.05, 4.69) is 44.8 Å². The van der Waals surface area contributed by atoms with Crippen LogP contribution in [0.3, 0.4) is 0 Å².